The standard InChI is InChI=1S/C24H25FN8O2/c25-20-15(3-4-18(20)35-23(34)30-24-6-12(7-24)8-24)17-5-19(32-31-17)29-22-27-10-16(13-1-2-13)21-28-14(9-26)11-33(21)22/h5,10-13,15,18,20H,1-4,6-8H2,(H,30,34)(H2,27,29,31,32)/t12?,15-,18-,20+,24?/m1/s1. The maximum Gasteiger partial charge on any atom is 0.407 e. The van der Waals surface area contributed by atoms with Gasteiger partial charge in [-0.3, -0.25) is 9.50 Å². The molecule has 5 aliphatic carbocycles. The molecule has 35 heavy (non-hydrogen) atoms. The van der Waals surface area contributed by atoms with Crippen LogP contribution in [-0.2, 0) is 4.74 Å². The van der Waals surface area contributed by atoms with Crippen molar-refractivity contribution in [2.75, 3.05) is 5.32 Å². The van der Waals surface area contributed by atoms with Crippen molar-refractivity contribution in [2.45, 2.75) is 74.6 Å². The van der Waals surface area contributed by atoms with Gasteiger partial charge in [0.2, 0.25) is 5.95 Å². The van der Waals surface area contributed by atoms with E-state index in [0.29, 0.717) is 47.6 Å². The lowest BCUT2D eigenvalue weighted by atomic mass is 9.50. The Balaban J connectivity index is 1.04. The molecule has 180 valence electrons. The molecule has 0 aromatic carbocycles. The summed E-state index contributed by atoms with van der Waals surface area (Å²) in [7, 11) is 0. The zero-order valence-corrected chi connectivity index (χ0v) is 19.0. The van der Waals surface area contributed by atoms with Gasteiger partial charge >= 0.3 is 6.09 Å². The van der Waals surface area contributed by atoms with E-state index in [-0.39, 0.29) is 5.54 Å². The van der Waals surface area contributed by atoms with Gasteiger partial charge in [-0.05, 0) is 56.8 Å². The van der Waals surface area contributed by atoms with E-state index in [9.17, 15) is 10.1 Å². The summed E-state index contributed by atoms with van der Waals surface area (Å²) in [6, 6.07) is 3.84. The summed E-state index contributed by atoms with van der Waals surface area (Å²) < 4.78 is 22.4. The molecule has 3 aromatic rings. The highest BCUT2D eigenvalue weighted by Crippen LogP contribution is 2.57. The first-order chi connectivity index (χ1) is 17.0. The first-order valence-electron chi connectivity index (χ1n) is 12.2. The molecule has 0 radical (unpaired) electrons. The summed E-state index contributed by atoms with van der Waals surface area (Å²) in [5, 5.41) is 22.6. The average molecular weight is 477 g/mol. The molecule has 3 atom stereocenters. The second-order valence-electron chi connectivity index (χ2n) is 10.5. The minimum absolute atomic E-state index is 0.0882. The molecule has 10 nitrogen and oxygen atoms in total. The number of alkyl carbamates (subject to hydrolysis) is 1. The normalized spacial score (nSPS) is 30.9. The fourth-order valence-electron chi connectivity index (χ4n) is 5.92. The van der Waals surface area contributed by atoms with Crippen LogP contribution in [0.25, 0.3) is 5.65 Å². The zero-order chi connectivity index (χ0) is 23.7. The van der Waals surface area contributed by atoms with Crippen LogP contribution in [-0.4, -0.2) is 48.5 Å². The van der Waals surface area contributed by atoms with Crippen LogP contribution in [0.5, 0.6) is 0 Å². The number of nitrogens with one attached hydrogen (secondary N) is 3. The molecule has 5 fully saturated rings. The van der Waals surface area contributed by atoms with Gasteiger partial charge in [-0.25, -0.2) is 19.2 Å². The van der Waals surface area contributed by atoms with E-state index in [0.717, 1.165) is 43.6 Å². The molecule has 0 unspecified atom stereocenters. The predicted octanol–water partition coefficient (Wildman–Crippen LogP) is 3.81. The lowest BCUT2D eigenvalue weighted by Crippen LogP contribution is -2.68. The lowest BCUT2D eigenvalue weighted by molar-refractivity contribution is -0.0532. The van der Waals surface area contributed by atoms with Crippen molar-refractivity contribution in [3.63, 3.8) is 0 Å². The quantitative estimate of drug-likeness (QED) is 0.493. The molecule has 5 aliphatic rings. The molecular weight excluding hydrogens is 451 g/mol. The van der Waals surface area contributed by atoms with Crippen molar-refractivity contribution < 1.29 is 13.9 Å². The van der Waals surface area contributed by atoms with Crippen molar-refractivity contribution >= 4 is 23.5 Å². The summed E-state index contributed by atoms with van der Waals surface area (Å²) in [4.78, 5) is 21.2. The van der Waals surface area contributed by atoms with Gasteiger partial charge in [0, 0.05) is 35.0 Å². The molecule has 3 N–H and O–H groups in total. The minimum Gasteiger partial charge on any atom is -0.443 e. The van der Waals surface area contributed by atoms with Crippen LogP contribution >= 0.6 is 0 Å². The summed E-state index contributed by atoms with van der Waals surface area (Å²) in [5.74, 6) is 1.71. The highest BCUT2D eigenvalue weighted by Gasteiger charge is 2.58. The minimum atomic E-state index is -1.31. The Morgan fingerprint density at radius 3 is 2.83 bits per heavy atom. The third kappa shape index (κ3) is 3.42. The van der Waals surface area contributed by atoms with E-state index >= 15 is 4.39 Å². The highest BCUT2D eigenvalue weighted by molar-refractivity contribution is 5.69. The number of carbonyl (C=O) groups is 1. The fraction of sp³-hybridized carbons (Fsp3) is 0.542. The van der Waals surface area contributed by atoms with Gasteiger partial charge < -0.3 is 15.4 Å². The van der Waals surface area contributed by atoms with Gasteiger partial charge in [0.25, 0.3) is 0 Å². The van der Waals surface area contributed by atoms with Crippen LogP contribution in [0.4, 0.5) is 21.0 Å². The van der Waals surface area contributed by atoms with Gasteiger partial charge in [-0.1, -0.05) is 0 Å². The van der Waals surface area contributed by atoms with Gasteiger partial charge in [0.05, 0.1) is 6.20 Å². The first-order valence-corrected chi connectivity index (χ1v) is 12.2. The van der Waals surface area contributed by atoms with Gasteiger partial charge in [-0.15, -0.1) is 0 Å². The Hall–Kier alpha value is -3.68. The number of amides is 1. The molecule has 11 heteroatoms. The van der Waals surface area contributed by atoms with E-state index in [2.05, 4.69) is 36.9 Å². The zero-order valence-electron chi connectivity index (χ0n) is 19.0. The second-order valence-corrected chi connectivity index (χ2v) is 10.5. The number of aromatic nitrogens is 5. The smallest absolute Gasteiger partial charge is 0.407 e. The Morgan fingerprint density at radius 2 is 2.11 bits per heavy atom. The molecule has 0 spiro atoms. The molecular formula is C24H25FN8O2. The Labute approximate surface area is 200 Å². The summed E-state index contributed by atoms with van der Waals surface area (Å²) >= 11 is 0. The Kier molecular flexibility index (Phi) is 4.38. The highest BCUT2D eigenvalue weighted by atomic mass is 19.1. The number of fused-ring (bicyclic) bond motifs is 1. The number of rotatable bonds is 6. The summed E-state index contributed by atoms with van der Waals surface area (Å²) in [5.41, 5.74) is 2.63. The largest absolute Gasteiger partial charge is 0.443 e. The fourth-order valence-corrected chi connectivity index (χ4v) is 5.92. The Morgan fingerprint density at radius 1 is 1.29 bits per heavy atom. The van der Waals surface area contributed by atoms with Gasteiger partial charge in [0.15, 0.2) is 11.5 Å². The Bertz CT molecular complexity index is 1350. The predicted molar refractivity (Wildman–Crippen MR) is 122 cm³/mol. The molecule has 2 bridgehead atoms. The molecule has 3 heterocycles. The van der Waals surface area contributed by atoms with Crippen LogP contribution in [0.3, 0.4) is 0 Å². The monoisotopic (exact) mass is 476 g/mol. The molecule has 3 aromatic heterocycles. The molecule has 1 amide bonds. The summed E-state index contributed by atoms with van der Waals surface area (Å²) in [6.45, 7) is 0. The number of alkyl halides is 1. The average Bonchev–Trinajstić information content (AvgIpc) is 3.20. The van der Waals surface area contributed by atoms with Crippen molar-refractivity contribution in [2.24, 2.45) is 5.92 Å². The maximum absolute atomic E-state index is 15.2. The van der Waals surface area contributed by atoms with Crippen LogP contribution < -0.4 is 10.6 Å². The van der Waals surface area contributed by atoms with Crippen LogP contribution in [0.15, 0.2) is 18.5 Å². The maximum atomic E-state index is 15.2. The lowest BCUT2D eigenvalue weighted by Gasteiger charge is -2.61. The number of carbonyl (C=O) groups excluding carboxylic acids is 1. The number of nitriles is 1. The van der Waals surface area contributed by atoms with E-state index in [1.807, 2.05) is 0 Å². The number of H-pyrrole nitrogens is 1. The molecule has 5 saturated carbocycles. The van der Waals surface area contributed by atoms with Crippen molar-refractivity contribution in [3.8, 4) is 6.07 Å². The number of imidazole rings is 1. The number of ether oxygens (including phenoxy) is 1. The van der Waals surface area contributed by atoms with E-state index in [4.69, 9.17) is 4.74 Å². The van der Waals surface area contributed by atoms with E-state index in [1.54, 1.807) is 22.9 Å². The van der Waals surface area contributed by atoms with E-state index < -0.39 is 24.3 Å². The van der Waals surface area contributed by atoms with Crippen molar-refractivity contribution in [1.29, 1.82) is 5.26 Å². The van der Waals surface area contributed by atoms with Crippen LogP contribution in [0.2, 0.25) is 0 Å². The van der Waals surface area contributed by atoms with Gasteiger partial charge in [0.1, 0.15) is 24.0 Å². The van der Waals surface area contributed by atoms with Crippen LogP contribution in [0.1, 0.15) is 73.7 Å². The number of anilines is 2. The van der Waals surface area contributed by atoms with Crippen LogP contribution in [0, 0.1) is 17.2 Å². The van der Waals surface area contributed by atoms with E-state index in [1.165, 1.54) is 0 Å². The third-order valence-electron chi connectivity index (χ3n) is 8.05. The second kappa shape index (κ2) is 7.41. The number of nitrogens with zero attached hydrogens (tertiary/aromatic N) is 5. The van der Waals surface area contributed by atoms with Gasteiger partial charge in [-0.2, -0.15) is 10.4 Å². The summed E-state index contributed by atoms with van der Waals surface area (Å²) in [6.07, 6.45) is 7.12. The molecule has 0 saturated heterocycles. The number of aromatic amines is 1. The topological polar surface area (TPSA) is 133 Å². The molecule has 0 aliphatic heterocycles. The van der Waals surface area contributed by atoms with Crippen molar-refractivity contribution in [3.05, 3.63) is 35.4 Å². The molecule has 8 rings (SSSR count). The SMILES string of the molecule is N#Cc1cn2c(Nc3cc([C@H]4CC[C@@H](OC(=O)NC56CC(C5)C6)[C@H]4F)[nH]n3)ncc(C3CC3)c2n1. The number of hydrogen-bond acceptors (Lipinski definition) is 7. The number of halogens is 1. The van der Waals surface area contributed by atoms with Crippen molar-refractivity contribution in [1.82, 2.24) is 29.9 Å². The third-order valence-corrected chi connectivity index (χ3v) is 8.05. The first kappa shape index (κ1) is 20.7. The number of hydrogen-bond donors (Lipinski definition) is 3.